The molecule has 0 aromatic carbocycles. The molecule has 1 aromatic heterocycles. The molecule has 1 saturated heterocycles. The van der Waals surface area contributed by atoms with Crippen molar-refractivity contribution in [2.45, 2.75) is 45.1 Å². The molecular weight excluding hydrogens is 202 g/mol. The van der Waals surface area contributed by atoms with E-state index in [1.807, 2.05) is 0 Å². The summed E-state index contributed by atoms with van der Waals surface area (Å²) in [4.78, 5) is 6.88. The van der Waals surface area contributed by atoms with Crippen LogP contribution < -0.4 is 0 Å². The monoisotopic (exact) mass is 221 g/mol. The summed E-state index contributed by atoms with van der Waals surface area (Å²) in [7, 11) is 0. The first-order valence-corrected chi connectivity index (χ1v) is 6.44. The number of rotatable bonds is 4. The van der Waals surface area contributed by atoms with Crippen LogP contribution in [-0.4, -0.2) is 28.1 Å². The summed E-state index contributed by atoms with van der Waals surface area (Å²) in [6.45, 7) is 3.21. The van der Waals surface area contributed by atoms with Gasteiger partial charge in [0.15, 0.2) is 5.82 Å². The Morgan fingerprint density at radius 1 is 1.19 bits per heavy atom. The van der Waals surface area contributed by atoms with Crippen LogP contribution in [0.4, 0.5) is 0 Å². The van der Waals surface area contributed by atoms with Gasteiger partial charge in [0.05, 0.1) is 6.54 Å². The van der Waals surface area contributed by atoms with Crippen LogP contribution in [0.3, 0.4) is 0 Å². The maximum atomic E-state index is 5.29. The zero-order valence-electron chi connectivity index (χ0n) is 9.69. The van der Waals surface area contributed by atoms with E-state index in [0.29, 0.717) is 0 Å². The first kappa shape index (κ1) is 10.3. The summed E-state index contributed by atoms with van der Waals surface area (Å²) in [5.74, 6) is 2.55. The minimum Gasteiger partial charge on any atom is -0.338 e. The largest absolute Gasteiger partial charge is 0.338 e. The third-order valence-corrected chi connectivity index (χ3v) is 3.49. The Kier molecular flexibility index (Phi) is 2.91. The molecule has 0 atom stereocenters. The van der Waals surface area contributed by atoms with E-state index in [1.165, 1.54) is 45.2 Å². The van der Waals surface area contributed by atoms with E-state index >= 15 is 0 Å². The summed E-state index contributed by atoms with van der Waals surface area (Å²) in [5, 5.41) is 4.05. The van der Waals surface area contributed by atoms with Gasteiger partial charge in [-0.2, -0.15) is 4.98 Å². The van der Waals surface area contributed by atoms with Crippen LogP contribution in [0.25, 0.3) is 0 Å². The fraction of sp³-hybridized carbons (Fsp3) is 0.833. The molecule has 2 heterocycles. The summed E-state index contributed by atoms with van der Waals surface area (Å²) in [6.07, 6.45) is 7.69. The van der Waals surface area contributed by atoms with Crippen molar-refractivity contribution in [1.82, 2.24) is 15.0 Å². The molecule has 88 valence electrons. The van der Waals surface area contributed by atoms with Crippen LogP contribution in [0.5, 0.6) is 0 Å². The third kappa shape index (κ3) is 2.61. The van der Waals surface area contributed by atoms with Crippen LogP contribution in [0, 0.1) is 5.92 Å². The van der Waals surface area contributed by atoms with Gasteiger partial charge in [0.25, 0.3) is 0 Å². The van der Waals surface area contributed by atoms with Gasteiger partial charge >= 0.3 is 0 Å². The molecule has 4 heteroatoms. The molecule has 0 bridgehead atoms. The Morgan fingerprint density at radius 2 is 2.00 bits per heavy atom. The van der Waals surface area contributed by atoms with Gasteiger partial charge in [0, 0.05) is 6.42 Å². The molecular formula is C12H19N3O. The highest BCUT2D eigenvalue weighted by atomic mass is 16.5. The van der Waals surface area contributed by atoms with Crippen LogP contribution in [0.1, 0.15) is 43.8 Å². The van der Waals surface area contributed by atoms with E-state index in [-0.39, 0.29) is 0 Å². The van der Waals surface area contributed by atoms with E-state index < -0.39 is 0 Å². The Balaban J connectivity index is 1.54. The van der Waals surface area contributed by atoms with Gasteiger partial charge in [-0.15, -0.1) is 0 Å². The fourth-order valence-corrected chi connectivity index (χ4v) is 2.33. The number of hydrogen-bond acceptors (Lipinski definition) is 4. The number of hydrogen-bond donors (Lipinski definition) is 0. The first-order valence-electron chi connectivity index (χ1n) is 6.44. The Hall–Kier alpha value is -0.900. The lowest BCUT2D eigenvalue weighted by Crippen LogP contribution is -2.29. The van der Waals surface area contributed by atoms with Crippen molar-refractivity contribution in [2.75, 3.05) is 13.1 Å². The average molecular weight is 221 g/mol. The summed E-state index contributed by atoms with van der Waals surface area (Å²) < 4.78 is 5.29. The number of nitrogens with zero attached hydrogens (tertiary/aromatic N) is 3. The summed E-state index contributed by atoms with van der Waals surface area (Å²) >= 11 is 0. The maximum Gasteiger partial charge on any atom is 0.240 e. The highest BCUT2D eigenvalue weighted by Gasteiger charge is 2.24. The molecule has 1 aliphatic carbocycles. The molecule has 16 heavy (non-hydrogen) atoms. The van der Waals surface area contributed by atoms with Gasteiger partial charge < -0.3 is 4.52 Å². The van der Waals surface area contributed by atoms with Gasteiger partial charge in [0.1, 0.15) is 0 Å². The van der Waals surface area contributed by atoms with Crippen molar-refractivity contribution in [2.24, 2.45) is 5.92 Å². The summed E-state index contributed by atoms with van der Waals surface area (Å²) in [5.41, 5.74) is 0. The molecule has 1 saturated carbocycles. The van der Waals surface area contributed by atoms with E-state index in [4.69, 9.17) is 4.52 Å². The van der Waals surface area contributed by atoms with Crippen molar-refractivity contribution < 1.29 is 4.52 Å². The number of aromatic nitrogens is 2. The van der Waals surface area contributed by atoms with Gasteiger partial charge in [-0.1, -0.05) is 11.6 Å². The lowest BCUT2D eigenvalue weighted by atomic mass is 10.1. The molecule has 1 aromatic rings. The molecule has 0 radical (unpaired) electrons. The minimum atomic E-state index is 0.803. The van der Waals surface area contributed by atoms with Crippen molar-refractivity contribution in [1.29, 1.82) is 0 Å². The van der Waals surface area contributed by atoms with E-state index in [0.717, 1.165) is 30.6 Å². The van der Waals surface area contributed by atoms with Crippen LogP contribution in [-0.2, 0) is 13.0 Å². The predicted molar refractivity (Wildman–Crippen MR) is 59.9 cm³/mol. The Morgan fingerprint density at radius 3 is 2.75 bits per heavy atom. The lowest BCUT2D eigenvalue weighted by Gasteiger charge is -2.24. The smallest absolute Gasteiger partial charge is 0.240 e. The maximum absolute atomic E-state index is 5.29. The van der Waals surface area contributed by atoms with Crippen molar-refractivity contribution >= 4 is 0 Å². The topological polar surface area (TPSA) is 42.2 Å². The standard InChI is InChI=1S/C12H19N3O/c1-2-6-15(7-3-1)9-12-13-11(14-16-12)8-10-4-5-10/h10H,1-9H2. The normalized spacial score (nSPS) is 22.5. The van der Waals surface area contributed by atoms with E-state index in [2.05, 4.69) is 15.0 Å². The van der Waals surface area contributed by atoms with Crippen LogP contribution >= 0.6 is 0 Å². The molecule has 0 amide bonds. The van der Waals surface area contributed by atoms with Gasteiger partial charge in [-0.25, -0.2) is 0 Å². The molecule has 2 aliphatic rings. The quantitative estimate of drug-likeness (QED) is 0.780. The van der Waals surface area contributed by atoms with Crippen LogP contribution in [0.15, 0.2) is 4.52 Å². The van der Waals surface area contributed by atoms with Crippen molar-refractivity contribution in [3.8, 4) is 0 Å². The average Bonchev–Trinajstić information content (AvgIpc) is 3.01. The third-order valence-electron chi connectivity index (χ3n) is 3.49. The van der Waals surface area contributed by atoms with Crippen molar-refractivity contribution in [3.63, 3.8) is 0 Å². The first-order chi connectivity index (χ1) is 7.90. The van der Waals surface area contributed by atoms with Gasteiger partial charge in [-0.05, 0) is 44.7 Å². The number of likely N-dealkylation sites (tertiary alicyclic amines) is 1. The highest BCUT2D eigenvalue weighted by Crippen LogP contribution is 2.31. The molecule has 4 nitrogen and oxygen atoms in total. The van der Waals surface area contributed by atoms with E-state index in [1.54, 1.807) is 0 Å². The molecule has 0 unspecified atom stereocenters. The lowest BCUT2D eigenvalue weighted by molar-refractivity contribution is 0.193. The molecule has 0 N–H and O–H groups in total. The van der Waals surface area contributed by atoms with Crippen LogP contribution in [0.2, 0.25) is 0 Å². The fourth-order valence-electron chi connectivity index (χ4n) is 2.33. The van der Waals surface area contributed by atoms with E-state index in [9.17, 15) is 0 Å². The molecule has 3 rings (SSSR count). The second-order valence-corrected chi connectivity index (χ2v) is 5.09. The van der Waals surface area contributed by atoms with Crippen molar-refractivity contribution in [3.05, 3.63) is 11.7 Å². The second kappa shape index (κ2) is 4.53. The predicted octanol–water partition coefficient (Wildman–Crippen LogP) is 2.01. The minimum absolute atomic E-state index is 0.803. The molecule has 1 aliphatic heterocycles. The van der Waals surface area contributed by atoms with Gasteiger partial charge in [-0.3, -0.25) is 4.90 Å². The Bertz CT molecular complexity index is 340. The second-order valence-electron chi connectivity index (χ2n) is 5.09. The summed E-state index contributed by atoms with van der Waals surface area (Å²) in [6, 6.07) is 0. The molecule has 0 spiro atoms. The zero-order valence-corrected chi connectivity index (χ0v) is 9.69. The Labute approximate surface area is 96.0 Å². The highest BCUT2D eigenvalue weighted by molar-refractivity contribution is 4.92. The zero-order chi connectivity index (χ0) is 10.8. The SMILES string of the molecule is C1CCN(Cc2nc(CC3CC3)no2)CC1. The number of piperidine rings is 1. The van der Waals surface area contributed by atoms with Gasteiger partial charge in [0.2, 0.25) is 5.89 Å². The molecule has 2 fully saturated rings.